The summed E-state index contributed by atoms with van der Waals surface area (Å²) >= 11 is 0. The van der Waals surface area contributed by atoms with Gasteiger partial charge in [-0.1, -0.05) is 26.0 Å². The summed E-state index contributed by atoms with van der Waals surface area (Å²) < 4.78 is 11.0. The smallest absolute Gasteiger partial charge is 0.119 e. The second kappa shape index (κ2) is 5.07. The Morgan fingerprint density at radius 1 is 1.47 bits per heavy atom. The van der Waals surface area contributed by atoms with Crippen molar-refractivity contribution in [3.8, 4) is 5.75 Å². The van der Waals surface area contributed by atoms with E-state index in [0.717, 1.165) is 25.3 Å². The molecule has 17 heavy (non-hydrogen) atoms. The molecular formula is C14H21NO2. The SMILES string of the molecule is COc1cccc(CC2NCC(C)(C)CO2)c1. The lowest BCUT2D eigenvalue weighted by Crippen LogP contribution is -2.48. The van der Waals surface area contributed by atoms with Crippen LogP contribution in [0.15, 0.2) is 24.3 Å². The van der Waals surface area contributed by atoms with Crippen LogP contribution in [0.4, 0.5) is 0 Å². The molecule has 1 saturated heterocycles. The molecule has 1 fully saturated rings. The van der Waals surface area contributed by atoms with Crippen molar-refractivity contribution in [3.05, 3.63) is 29.8 Å². The van der Waals surface area contributed by atoms with Gasteiger partial charge in [0.2, 0.25) is 0 Å². The minimum absolute atomic E-state index is 0.120. The molecule has 0 bridgehead atoms. The summed E-state index contributed by atoms with van der Waals surface area (Å²) in [4.78, 5) is 0. The summed E-state index contributed by atoms with van der Waals surface area (Å²) in [5.41, 5.74) is 1.48. The maximum atomic E-state index is 5.82. The summed E-state index contributed by atoms with van der Waals surface area (Å²) in [6.07, 6.45) is 1.00. The minimum Gasteiger partial charge on any atom is -0.497 e. The van der Waals surface area contributed by atoms with Gasteiger partial charge in [-0.3, -0.25) is 5.32 Å². The van der Waals surface area contributed by atoms with Gasteiger partial charge in [0.05, 0.1) is 13.7 Å². The zero-order valence-corrected chi connectivity index (χ0v) is 10.8. The molecule has 1 aliphatic heterocycles. The molecule has 1 aromatic carbocycles. The molecule has 0 radical (unpaired) electrons. The number of rotatable bonds is 3. The van der Waals surface area contributed by atoms with Gasteiger partial charge >= 0.3 is 0 Å². The maximum Gasteiger partial charge on any atom is 0.119 e. The second-order valence-electron chi connectivity index (χ2n) is 5.40. The Kier molecular flexibility index (Phi) is 3.69. The third-order valence-electron chi connectivity index (χ3n) is 3.04. The van der Waals surface area contributed by atoms with E-state index in [1.54, 1.807) is 7.11 Å². The first-order valence-electron chi connectivity index (χ1n) is 6.07. The third-order valence-corrected chi connectivity index (χ3v) is 3.04. The number of hydrogen-bond donors (Lipinski definition) is 1. The van der Waals surface area contributed by atoms with Crippen LogP contribution >= 0.6 is 0 Å². The summed E-state index contributed by atoms with van der Waals surface area (Å²) in [6, 6.07) is 8.14. The van der Waals surface area contributed by atoms with Crippen LogP contribution in [0.5, 0.6) is 5.75 Å². The molecule has 1 heterocycles. The lowest BCUT2D eigenvalue weighted by molar-refractivity contribution is -0.0566. The van der Waals surface area contributed by atoms with E-state index in [9.17, 15) is 0 Å². The Labute approximate surface area is 103 Å². The number of nitrogens with one attached hydrogen (secondary N) is 1. The fourth-order valence-corrected chi connectivity index (χ4v) is 1.97. The average molecular weight is 235 g/mol. The zero-order valence-electron chi connectivity index (χ0n) is 10.8. The van der Waals surface area contributed by atoms with Crippen molar-refractivity contribution in [3.63, 3.8) is 0 Å². The van der Waals surface area contributed by atoms with Crippen LogP contribution in [-0.2, 0) is 11.2 Å². The average Bonchev–Trinajstić information content (AvgIpc) is 2.32. The molecule has 1 aromatic rings. The van der Waals surface area contributed by atoms with E-state index in [-0.39, 0.29) is 11.6 Å². The topological polar surface area (TPSA) is 30.5 Å². The molecule has 3 heteroatoms. The molecule has 2 rings (SSSR count). The van der Waals surface area contributed by atoms with E-state index in [1.807, 2.05) is 12.1 Å². The van der Waals surface area contributed by atoms with Gasteiger partial charge in [0.1, 0.15) is 12.0 Å². The lowest BCUT2D eigenvalue weighted by Gasteiger charge is -2.35. The van der Waals surface area contributed by atoms with Crippen LogP contribution in [-0.4, -0.2) is 26.5 Å². The highest BCUT2D eigenvalue weighted by Crippen LogP contribution is 2.21. The molecule has 0 spiro atoms. The Hall–Kier alpha value is -1.06. The van der Waals surface area contributed by atoms with E-state index in [1.165, 1.54) is 5.56 Å². The van der Waals surface area contributed by atoms with Gasteiger partial charge in [-0.15, -0.1) is 0 Å². The Morgan fingerprint density at radius 3 is 2.94 bits per heavy atom. The Balaban J connectivity index is 1.93. The maximum absolute atomic E-state index is 5.82. The van der Waals surface area contributed by atoms with Crippen molar-refractivity contribution in [2.75, 3.05) is 20.3 Å². The molecule has 0 aliphatic carbocycles. The fourth-order valence-electron chi connectivity index (χ4n) is 1.97. The highest BCUT2D eigenvalue weighted by molar-refractivity contribution is 5.28. The zero-order chi connectivity index (χ0) is 12.3. The molecular weight excluding hydrogens is 214 g/mol. The van der Waals surface area contributed by atoms with Crippen LogP contribution in [0, 0.1) is 5.41 Å². The molecule has 0 aromatic heterocycles. The van der Waals surface area contributed by atoms with Gasteiger partial charge in [-0.2, -0.15) is 0 Å². The molecule has 94 valence electrons. The first-order valence-corrected chi connectivity index (χ1v) is 6.07. The third kappa shape index (κ3) is 3.45. The normalized spacial score (nSPS) is 23.4. The van der Waals surface area contributed by atoms with Crippen molar-refractivity contribution < 1.29 is 9.47 Å². The quantitative estimate of drug-likeness (QED) is 0.871. The van der Waals surface area contributed by atoms with Crippen molar-refractivity contribution in [2.45, 2.75) is 26.5 Å². The van der Waals surface area contributed by atoms with Gasteiger partial charge in [0.15, 0.2) is 0 Å². The summed E-state index contributed by atoms with van der Waals surface area (Å²) in [5, 5.41) is 3.43. The van der Waals surface area contributed by atoms with Gasteiger partial charge in [0.25, 0.3) is 0 Å². The first kappa shape index (κ1) is 12.4. The van der Waals surface area contributed by atoms with Crippen molar-refractivity contribution in [2.24, 2.45) is 5.41 Å². The summed E-state index contributed by atoms with van der Waals surface area (Å²) in [5.74, 6) is 0.902. The fraction of sp³-hybridized carbons (Fsp3) is 0.571. The monoisotopic (exact) mass is 235 g/mol. The van der Waals surface area contributed by atoms with Gasteiger partial charge in [0, 0.05) is 18.4 Å². The predicted molar refractivity (Wildman–Crippen MR) is 68.2 cm³/mol. The van der Waals surface area contributed by atoms with E-state index in [2.05, 4.69) is 31.3 Å². The molecule has 0 amide bonds. The molecule has 1 N–H and O–H groups in total. The van der Waals surface area contributed by atoms with E-state index in [4.69, 9.17) is 9.47 Å². The van der Waals surface area contributed by atoms with E-state index < -0.39 is 0 Å². The van der Waals surface area contributed by atoms with Crippen LogP contribution in [0.1, 0.15) is 19.4 Å². The van der Waals surface area contributed by atoms with Gasteiger partial charge in [-0.05, 0) is 17.7 Å². The highest BCUT2D eigenvalue weighted by atomic mass is 16.5. The molecule has 1 atom stereocenters. The summed E-state index contributed by atoms with van der Waals surface area (Å²) in [6.45, 7) is 6.24. The van der Waals surface area contributed by atoms with E-state index in [0.29, 0.717) is 0 Å². The van der Waals surface area contributed by atoms with Crippen LogP contribution in [0.2, 0.25) is 0 Å². The van der Waals surface area contributed by atoms with Gasteiger partial charge < -0.3 is 9.47 Å². The number of hydrogen-bond acceptors (Lipinski definition) is 3. The standard InChI is InChI=1S/C14H21NO2/c1-14(2)9-15-13(17-10-14)8-11-5-4-6-12(7-11)16-3/h4-7,13,15H,8-10H2,1-3H3. The van der Waals surface area contributed by atoms with Crippen LogP contribution in [0.3, 0.4) is 0 Å². The molecule has 0 saturated carbocycles. The molecule has 1 unspecified atom stereocenters. The van der Waals surface area contributed by atoms with Crippen molar-refractivity contribution in [1.29, 1.82) is 0 Å². The molecule has 3 nitrogen and oxygen atoms in total. The Bertz CT molecular complexity index is 366. The van der Waals surface area contributed by atoms with Crippen LogP contribution < -0.4 is 10.1 Å². The van der Waals surface area contributed by atoms with Crippen molar-refractivity contribution in [1.82, 2.24) is 5.32 Å². The minimum atomic E-state index is 0.120. The number of methoxy groups -OCH3 is 1. The Morgan fingerprint density at radius 2 is 2.29 bits per heavy atom. The number of ether oxygens (including phenoxy) is 2. The van der Waals surface area contributed by atoms with Crippen molar-refractivity contribution >= 4 is 0 Å². The van der Waals surface area contributed by atoms with Gasteiger partial charge in [-0.25, -0.2) is 0 Å². The summed E-state index contributed by atoms with van der Waals surface area (Å²) in [7, 11) is 1.69. The predicted octanol–water partition coefficient (Wildman–Crippen LogP) is 2.21. The lowest BCUT2D eigenvalue weighted by atomic mass is 9.93. The first-order chi connectivity index (χ1) is 8.09. The van der Waals surface area contributed by atoms with Crippen LogP contribution in [0.25, 0.3) is 0 Å². The number of benzene rings is 1. The van der Waals surface area contributed by atoms with E-state index >= 15 is 0 Å². The second-order valence-corrected chi connectivity index (χ2v) is 5.40. The highest BCUT2D eigenvalue weighted by Gasteiger charge is 2.26. The molecule has 1 aliphatic rings. The largest absolute Gasteiger partial charge is 0.497 e.